The summed E-state index contributed by atoms with van der Waals surface area (Å²) in [5.74, 6) is 0.623. The van der Waals surface area contributed by atoms with Gasteiger partial charge in [-0.2, -0.15) is 5.26 Å². The molecule has 0 atom stereocenters. The average molecular weight is 226 g/mol. The second-order valence-electron chi connectivity index (χ2n) is 3.42. The summed E-state index contributed by atoms with van der Waals surface area (Å²) in [7, 11) is 1.76. The zero-order valence-corrected chi connectivity index (χ0v) is 9.20. The minimum Gasteiger partial charge on any atom is -0.508 e. The Bertz CT molecular complexity index is 577. The van der Waals surface area contributed by atoms with Crippen LogP contribution in [0.2, 0.25) is 0 Å². The Morgan fingerprint density at radius 2 is 2.06 bits per heavy atom. The van der Waals surface area contributed by atoms with Crippen LogP contribution in [0, 0.1) is 11.3 Å². The van der Waals surface area contributed by atoms with Gasteiger partial charge in [-0.15, -0.1) is 0 Å². The number of anilines is 2. The van der Waals surface area contributed by atoms with Crippen molar-refractivity contribution in [2.45, 2.75) is 0 Å². The van der Waals surface area contributed by atoms with Crippen LogP contribution in [0.25, 0.3) is 0 Å². The number of hydrogen-bond acceptors (Lipinski definition) is 5. The molecule has 1 N–H and O–H groups in total. The van der Waals surface area contributed by atoms with Gasteiger partial charge in [-0.3, -0.25) is 0 Å². The highest BCUT2D eigenvalue weighted by atomic mass is 16.3. The SMILES string of the molecule is CN(c1cccc(O)c1)c1nccnc1C#N. The minimum absolute atomic E-state index is 0.164. The molecule has 0 bridgehead atoms. The van der Waals surface area contributed by atoms with E-state index in [4.69, 9.17) is 5.26 Å². The lowest BCUT2D eigenvalue weighted by molar-refractivity contribution is 0.475. The fraction of sp³-hybridized carbons (Fsp3) is 0.0833. The van der Waals surface area contributed by atoms with Crippen LogP contribution >= 0.6 is 0 Å². The summed E-state index contributed by atoms with van der Waals surface area (Å²) in [6.45, 7) is 0. The van der Waals surface area contributed by atoms with E-state index >= 15 is 0 Å². The van der Waals surface area contributed by atoms with E-state index in [0.29, 0.717) is 5.82 Å². The molecule has 0 spiro atoms. The van der Waals surface area contributed by atoms with E-state index in [-0.39, 0.29) is 11.4 Å². The maximum Gasteiger partial charge on any atom is 0.183 e. The predicted octanol–water partition coefficient (Wildman–Crippen LogP) is 1.82. The molecule has 0 amide bonds. The number of nitriles is 1. The molecule has 0 aliphatic heterocycles. The molecular weight excluding hydrogens is 216 g/mol. The van der Waals surface area contributed by atoms with Crippen LogP contribution in [0.5, 0.6) is 5.75 Å². The molecule has 0 fully saturated rings. The Morgan fingerprint density at radius 1 is 1.29 bits per heavy atom. The first-order chi connectivity index (χ1) is 8.22. The van der Waals surface area contributed by atoms with Crippen molar-refractivity contribution < 1.29 is 5.11 Å². The number of phenolic OH excluding ortho intramolecular Hbond substituents is 1. The highest BCUT2D eigenvalue weighted by Crippen LogP contribution is 2.25. The summed E-state index contributed by atoms with van der Waals surface area (Å²) in [5, 5.41) is 18.3. The summed E-state index contributed by atoms with van der Waals surface area (Å²) in [5.41, 5.74) is 0.986. The summed E-state index contributed by atoms with van der Waals surface area (Å²) in [6.07, 6.45) is 2.99. The number of nitrogens with zero attached hydrogens (tertiary/aromatic N) is 4. The zero-order chi connectivity index (χ0) is 12.3. The Kier molecular flexibility index (Phi) is 2.88. The van der Waals surface area contributed by atoms with Gasteiger partial charge in [0.15, 0.2) is 11.5 Å². The fourth-order valence-electron chi connectivity index (χ4n) is 1.48. The van der Waals surface area contributed by atoms with Crippen molar-refractivity contribution in [3.8, 4) is 11.8 Å². The second kappa shape index (κ2) is 4.49. The van der Waals surface area contributed by atoms with Crippen LogP contribution < -0.4 is 4.90 Å². The zero-order valence-electron chi connectivity index (χ0n) is 9.20. The number of aromatic hydroxyl groups is 1. The number of hydrogen-bond donors (Lipinski definition) is 1. The average Bonchev–Trinajstić information content (AvgIpc) is 2.38. The van der Waals surface area contributed by atoms with E-state index in [1.165, 1.54) is 12.4 Å². The first-order valence-corrected chi connectivity index (χ1v) is 4.96. The third kappa shape index (κ3) is 2.16. The molecule has 2 aromatic rings. The normalized spacial score (nSPS) is 9.65. The lowest BCUT2D eigenvalue weighted by Gasteiger charge is -2.18. The van der Waals surface area contributed by atoms with E-state index in [2.05, 4.69) is 9.97 Å². The number of aromatic nitrogens is 2. The first kappa shape index (κ1) is 10.9. The molecule has 17 heavy (non-hydrogen) atoms. The van der Waals surface area contributed by atoms with Gasteiger partial charge in [-0.05, 0) is 12.1 Å². The topological polar surface area (TPSA) is 73.0 Å². The highest BCUT2D eigenvalue weighted by Gasteiger charge is 2.11. The summed E-state index contributed by atoms with van der Waals surface area (Å²) < 4.78 is 0. The van der Waals surface area contributed by atoms with Gasteiger partial charge in [-0.1, -0.05) is 6.07 Å². The van der Waals surface area contributed by atoms with Gasteiger partial charge in [0.25, 0.3) is 0 Å². The Labute approximate surface area is 98.6 Å². The van der Waals surface area contributed by atoms with E-state index in [1.54, 1.807) is 30.1 Å². The number of benzene rings is 1. The van der Waals surface area contributed by atoms with Gasteiger partial charge in [0.05, 0.1) is 0 Å². The third-order valence-electron chi connectivity index (χ3n) is 2.32. The standard InChI is InChI=1S/C12H10N4O/c1-16(9-3-2-4-10(17)7-9)12-11(8-13)14-5-6-15-12/h2-7,17H,1H3. The summed E-state index contributed by atoms with van der Waals surface area (Å²) in [4.78, 5) is 9.75. The van der Waals surface area contributed by atoms with Crippen molar-refractivity contribution in [2.24, 2.45) is 0 Å². The quantitative estimate of drug-likeness (QED) is 0.845. The largest absolute Gasteiger partial charge is 0.508 e. The molecule has 0 radical (unpaired) electrons. The molecular formula is C12H10N4O. The molecule has 0 saturated carbocycles. The van der Waals surface area contributed by atoms with Crippen molar-refractivity contribution in [1.29, 1.82) is 5.26 Å². The molecule has 2 rings (SSSR count). The van der Waals surface area contributed by atoms with Crippen LogP contribution in [-0.4, -0.2) is 22.1 Å². The molecule has 1 aromatic carbocycles. The van der Waals surface area contributed by atoms with Gasteiger partial charge in [0.1, 0.15) is 11.8 Å². The number of rotatable bonds is 2. The minimum atomic E-state index is 0.164. The third-order valence-corrected chi connectivity index (χ3v) is 2.32. The lowest BCUT2D eigenvalue weighted by Crippen LogP contribution is -2.13. The fourth-order valence-corrected chi connectivity index (χ4v) is 1.48. The lowest BCUT2D eigenvalue weighted by atomic mass is 10.2. The molecule has 0 aliphatic rings. The van der Waals surface area contributed by atoms with Crippen LogP contribution in [0.1, 0.15) is 5.69 Å². The molecule has 0 saturated heterocycles. The maximum absolute atomic E-state index is 9.41. The van der Waals surface area contributed by atoms with Crippen molar-refractivity contribution in [3.05, 3.63) is 42.4 Å². The van der Waals surface area contributed by atoms with Crippen molar-refractivity contribution >= 4 is 11.5 Å². The van der Waals surface area contributed by atoms with E-state index in [0.717, 1.165) is 5.69 Å². The predicted molar refractivity (Wildman–Crippen MR) is 62.9 cm³/mol. The molecule has 0 aliphatic carbocycles. The summed E-state index contributed by atoms with van der Waals surface area (Å²) in [6, 6.07) is 8.70. The molecule has 5 nitrogen and oxygen atoms in total. The molecule has 5 heteroatoms. The van der Waals surface area contributed by atoms with Crippen LogP contribution in [-0.2, 0) is 0 Å². The Hall–Kier alpha value is -2.61. The van der Waals surface area contributed by atoms with Crippen molar-refractivity contribution in [1.82, 2.24) is 9.97 Å². The molecule has 84 valence electrons. The van der Waals surface area contributed by atoms with Crippen LogP contribution in [0.3, 0.4) is 0 Å². The monoisotopic (exact) mass is 226 g/mol. The van der Waals surface area contributed by atoms with Crippen LogP contribution in [0.15, 0.2) is 36.7 Å². The van der Waals surface area contributed by atoms with E-state index in [1.807, 2.05) is 12.1 Å². The van der Waals surface area contributed by atoms with Gasteiger partial charge >= 0.3 is 0 Å². The van der Waals surface area contributed by atoms with Gasteiger partial charge in [0, 0.05) is 31.2 Å². The Balaban J connectivity index is 2.44. The van der Waals surface area contributed by atoms with Gasteiger partial charge < -0.3 is 10.0 Å². The van der Waals surface area contributed by atoms with Gasteiger partial charge in [-0.25, -0.2) is 9.97 Å². The highest BCUT2D eigenvalue weighted by molar-refractivity contribution is 5.64. The summed E-state index contributed by atoms with van der Waals surface area (Å²) >= 11 is 0. The second-order valence-corrected chi connectivity index (χ2v) is 3.42. The molecule has 1 aromatic heterocycles. The van der Waals surface area contributed by atoms with E-state index < -0.39 is 0 Å². The van der Waals surface area contributed by atoms with Gasteiger partial charge in [0.2, 0.25) is 0 Å². The number of phenols is 1. The van der Waals surface area contributed by atoms with Crippen LogP contribution in [0.4, 0.5) is 11.5 Å². The molecule has 0 unspecified atom stereocenters. The first-order valence-electron chi connectivity index (χ1n) is 4.96. The van der Waals surface area contributed by atoms with Crippen molar-refractivity contribution in [2.75, 3.05) is 11.9 Å². The van der Waals surface area contributed by atoms with E-state index in [9.17, 15) is 5.11 Å². The Morgan fingerprint density at radius 3 is 2.76 bits per heavy atom. The van der Waals surface area contributed by atoms with Crippen molar-refractivity contribution in [3.63, 3.8) is 0 Å². The maximum atomic E-state index is 9.41. The molecule has 1 heterocycles. The smallest absolute Gasteiger partial charge is 0.183 e.